The number of nitrogens with one attached hydrogen (secondary N) is 3. The Hall–Kier alpha value is -3.93. The van der Waals surface area contributed by atoms with Gasteiger partial charge in [0.05, 0.1) is 11.3 Å². The molecule has 3 aromatic carbocycles. The molecule has 0 radical (unpaired) electrons. The van der Waals surface area contributed by atoms with Crippen LogP contribution in [0.5, 0.6) is 0 Å². The lowest BCUT2D eigenvalue weighted by Gasteiger charge is -2.13. The van der Waals surface area contributed by atoms with Crippen LogP contribution in [0.1, 0.15) is 44.9 Å². The monoisotopic (exact) mass is 401 g/mol. The SMILES string of the molecule is CC(C)NC(=O)c1ccccc1NC(=O)c1cccc(NC(=O)c2ccccc2)c1. The number of carbonyl (C=O) groups excluding carboxylic acids is 3. The van der Waals surface area contributed by atoms with Gasteiger partial charge in [-0.05, 0) is 56.3 Å². The molecule has 3 aromatic rings. The molecule has 0 unspecified atom stereocenters. The second kappa shape index (κ2) is 9.52. The normalized spacial score (nSPS) is 10.4. The first-order valence-electron chi connectivity index (χ1n) is 9.62. The Morgan fingerprint density at radius 1 is 0.667 bits per heavy atom. The molecule has 6 heteroatoms. The number of para-hydroxylation sites is 1. The van der Waals surface area contributed by atoms with E-state index >= 15 is 0 Å². The highest BCUT2D eigenvalue weighted by atomic mass is 16.2. The molecule has 3 N–H and O–H groups in total. The van der Waals surface area contributed by atoms with E-state index in [1.807, 2.05) is 19.9 Å². The Morgan fingerprint density at radius 2 is 1.30 bits per heavy atom. The molecule has 6 nitrogen and oxygen atoms in total. The van der Waals surface area contributed by atoms with Crippen molar-refractivity contribution in [2.24, 2.45) is 0 Å². The summed E-state index contributed by atoms with van der Waals surface area (Å²) < 4.78 is 0. The van der Waals surface area contributed by atoms with Crippen molar-refractivity contribution < 1.29 is 14.4 Å². The Balaban J connectivity index is 1.75. The summed E-state index contributed by atoms with van der Waals surface area (Å²) in [5.74, 6) is -0.899. The Morgan fingerprint density at radius 3 is 2.03 bits per heavy atom. The van der Waals surface area contributed by atoms with Gasteiger partial charge in [-0.1, -0.05) is 36.4 Å². The molecule has 30 heavy (non-hydrogen) atoms. The van der Waals surface area contributed by atoms with Gasteiger partial charge in [0.25, 0.3) is 17.7 Å². The first-order valence-corrected chi connectivity index (χ1v) is 9.62. The molecule has 0 aliphatic carbocycles. The Bertz CT molecular complexity index is 1060. The molecule has 152 valence electrons. The van der Waals surface area contributed by atoms with Gasteiger partial charge >= 0.3 is 0 Å². The summed E-state index contributed by atoms with van der Waals surface area (Å²) in [5, 5.41) is 8.39. The molecule has 3 rings (SSSR count). The van der Waals surface area contributed by atoms with E-state index in [-0.39, 0.29) is 23.8 Å². The molecule has 0 spiro atoms. The fourth-order valence-corrected chi connectivity index (χ4v) is 2.86. The van der Waals surface area contributed by atoms with Crippen LogP contribution in [0, 0.1) is 0 Å². The fraction of sp³-hybridized carbons (Fsp3) is 0.125. The van der Waals surface area contributed by atoms with Gasteiger partial charge in [0.1, 0.15) is 0 Å². The lowest BCUT2D eigenvalue weighted by Crippen LogP contribution is -2.31. The topological polar surface area (TPSA) is 87.3 Å². The number of carbonyl (C=O) groups is 3. The van der Waals surface area contributed by atoms with Crippen molar-refractivity contribution in [2.45, 2.75) is 19.9 Å². The van der Waals surface area contributed by atoms with E-state index in [1.165, 1.54) is 0 Å². The average molecular weight is 401 g/mol. The smallest absolute Gasteiger partial charge is 0.255 e. The van der Waals surface area contributed by atoms with Gasteiger partial charge in [-0.2, -0.15) is 0 Å². The Labute approximate surface area is 175 Å². The van der Waals surface area contributed by atoms with Crippen LogP contribution in [0.3, 0.4) is 0 Å². The summed E-state index contributed by atoms with van der Waals surface area (Å²) in [7, 11) is 0. The molecule has 0 saturated carbocycles. The predicted molar refractivity (Wildman–Crippen MR) is 118 cm³/mol. The van der Waals surface area contributed by atoms with Crippen LogP contribution in [0.15, 0.2) is 78.9 Å². The maximum absolute atomic E-state index is 12.8. The van der Waals surface area contributed by atoms with E-state index in [1.54, 1.807) is 72.8 Å². The molecule has 0 aromatic heterocycles. The number of amides is 3. The molecule has 0 aliphatic heterocycles. The zero-order valence-electron chi connectivity index (χ0n) is 16.8. The molecule has 0 fully saturated rings. The minimum Gasteiger partial charge on any atom is -0.350 e. The largest absolute Gasteiger partial charge is 0.350 e. The van der Waals surface area contributed by atoms with Crippen LogP contribution >= 0.6 is 0 Å². The van der Waals surface area contributed by atoms with E-state index in [0.717, 1.165) is 0 Å². The van der Waals surface area contributed by atoms with E-state index < -0.39 is 0 Å². The zero-order valence-corrected chi connectivity index (χ0v) is 16.8. The average Bonchev–Trinajstić information content (AvgIpc) is 2.74. The molecule has 0 bridgehead atoms. The lowest BCUT2D eigenvalue weighted by molar-refractivity contribution is 0.0943. The van der Waals surface area contributed by atoms with Crippen LogP contribution in [-0.2, 0) is 0 Å². The third-order valence-corrected chi connectivity index (χ3v) is 4.26. The first-order chi connectivity index (χ1) is 14.4. The van der Waals surface area contributed by atoms with Crippen molar-refractivity contribution in [2.75, 3.05) is 10.6 Å². The van der Waals surface area contributed by atoms with Crippen LogP contribution in [0.4, 0.5) is 11.4 Å². The summed E-state index contributed by atoms with van der Waals surface area (Å²) >= 11 is 0. The van der Waals surface area contributed by atoms with Gasteiger partial charge < -0.3 is 16.0 Å². The van der Waals surface area contributed by atoms with E-state index in [2.05, 4.69) is 16.0 Å². The third-order valence-electron chi connectivity index (χ3n) is 4.26. The van der Waals surface area contributed by atoms with Crippen molar-refractivity contribution in [3.63, 3.8) is 0 Å². The lowest BCUT2D eigenvalue weighted by atomic mass is 10.1. The highest BCUT2D eigenvalue weighted by molar-refractivity contribution is 6.10. The second-order valence-electron chi connectivity index (χ2n) is 7.03. The van der Waals surface area contributed by atoms with E-state index in [9.17, 15) is 14.4 Å². The minimum atomic E-state index is -0.379. The van der Waals surface area contributed by atoms with Crippen molar-refractivity contribution in [1.82, 2.24) is 5.32 Å². The van der Waals surface area contributed by atoms with Crippen molar-refractivity contribution >= 4 is 29.1 Å². The number of benzene rings is 3. The van der Waals surface area contributed by atoms with Gasteiger partial charge in [0.2, 0.25) is 0 Å². The summed E-state index contributed by atoms with van der Waals surface area (Å²) in [6.45, 7) is 3.74. The molecular formula is C24H23N3O3. The first kappa shape index (κ1) is 20.8. The predicted octanol–water partition coefficient (Wildman–Crippen LogP) is 4.33. The molecule has 0 saturated heterocycles. The fourth-order valence-electron chi connectivity index (χ4n) is 2.86. The summed E-state index contributed by atoms with van der Waals surface area (Å²) in [6, 6.07) is 22.3. The summed E-state index contributed by atoms with van der Waals surface area (Å²) in [4.78, 5) is 37.5. The number of rotatable bonds is 6. The second-order valence-corrected chi connectivity index (χ2v) is 7.03. The molecule has 0 heterocycles. The van der Waals surface area contributed by atoms with E-state index in [4.69, 9.17) is 0 Å². The highest BCUT2D eigenvalue weighted by Crippen LogP contribution is 2.18. The van der Waals surface area contributed by atoms with Gasteiger partial charge in [-0.15, -0.1) is 0 Å². The van der Waals surface area contributed by atoms with Crippen molar-refractivity contribution in [1.29, 1.82) is 0 Å². The number of anilines is 2. The maximum Gasteiger partial charge on any atom is 0.255 e. The quantitative estimate of drug-likeness (QED) is 0.575. The zero-order chi connectivity index (χ0) is 21.5. The standard InChI is InChI=1S/C24H23N3O3/c1-16(2)25-24(30)20-13-6-7-14-21(20)27-23(29)18-11-8-12-19(15-18)26-22(28)17-9-4-3-5-10-17/h3-16H,1-2H3,(H,25,30)(H,26,28)(H,27,29). The van der Waals surface area contributed by atoms with Crippen LogP contribution in [0.25, 0.3) is 0 Å². The van der Waals surface area contributed by atoms with Crippen LogP contribution < -0.4 is 16.0 Å². The summed E-state index contributed by atoms with van der Waals surface area (Å²) in [6.07, 6.45) is 0. The van der Waals surface area contributed by atoms with Crippen LogP contribution in [-0.4, -0.2) is 23.8 Å². The molecular weight excluding hydrogens is 378 g/mol. The molecule has 0 aliphatic rings. The van der Waals surface area contributed by atoms with E-state index in [0.29, 0.717) is 28.1 Å². The van der Waals surface area contributed by atoms with Gasteiger partial charge in [0.15, 0.2) is 0 Å². The Kier molecular flexibility index (Phi) is 6.60. The number of hydrogen-bond acceptors (Lipinski definition) is 3. The minimum absolute atomic E-state index is 0.0221. The highest BCUT2D eigenvalue weighted by Gasteiger charge is 2.15. The molecule has 0 atom stereocenters. The van der Waals surface area contributed by atoms with Gasteiger partial charge in [-0.25, -0.2) is 0 Å². The summed E-state index contributed by atoms with van der Waals surface area (Å²) in [5.41, 5.74) is 2.19. The molecule has 3 amide bonds. The maximum atomic E-state index is 12.8. The van der Waals surface area contributed by atoms with Gasteiger partial charge in [0, 0.05) is 22.9 Å². The van der Waals surface area contributed by atoms with Crippen molar-refractivity contribution in [3.8, 4) is 0 Å². The van der Waals surface area contributed by atoms with Crippen LogP contribution in [0.2, 0.25) is 0 Å². The van der Waals surface area contributed by atoms with Gasteiger partial charge in [-0.3, -0.25) is 14.4 Å². The third kappa shape index (κ3) is 5.32. The number of hydrogen-bond donors (Lipinski definition) is 3. The van der Waals surface area contributed by atoms with Crippen molar-refractivity contribution in [3.05, 3.63) is 95.6 Å².